The van der Waals surface area contributed by atoms with Crippen molar-refractivity contribution < 1.29 is 24.2 Å². The minimum atomic E-state index is -0.702. The van der Waals surface area contributed by atoms with Crippen molar-refractivity contribution in [1.82, 2.24) is 5.32 Å². The number of rotatable bonds is 6. The van der Waals surface area contributed by atoms with Gasteiger partial charge in [0.05, 0.1) is 7.11 Å². The van der Waals surface area contributed by atoms with Gasteiger partial charge in [-0.15, -0.1) is 0 Å². The molecule has 0 aromatic carbocycles. The number of allylic oxidation sites excluding steroid dienone is 1. The van der Waals surface area contributed by atoms with E-state index in [0.29, 0.717) is 19.3 Å². The summed E-state index contributed by atoms with van der Waals surface area (Å²) < 4.78 is 9.63. The molecule has 0 bridgehead atoms. The van der Waals surface area contributed by atoms with Crippen LogP contribution in [-0.4, -0.2) is 36.5 Å². The number of ether oxygens (including phenoxy) is 2. The molecule has 0 fully saturated rings. The highest BCUT2D eigenvalue weighted by Gasteiger charge is 2.19. The van der Waals surface area contributed by atoms with Crippen molar-refractivity contribution in [2.45, 2.75) is 45.6 Å². The van der Waals surface area contributed by atoms with Crippen molar-refractivity contribution in [3.05, 3.63) is 11.8 Å². The minimum absolute atomic E-state index is 0.0506. The van der Waals surface area contributed by atoms with Gasteiger partial charge in [0, 0.05) is 6.61 Å². The number of methoxy groups -OCH3 is 1. The van der Waals surface area contributed by atoms with Crippen LogP contribution in [0.4, 0.5) is 4.79 Å². The van der Waals surface area contributed by atoms with Gasteiger partial charge in [0.2, 0.25) is 0 Å². The standard InChI is InChI=1S/C13H23NO5/c1-13(2,3)19-12(17)14-10(11(16)18-4)8-6-5-7-9-15/h8,15H,5-7,9H2,1-4H3,(H,14,17)/b10-8+. The van der Waals surface area contributed by atoms with E-state index >= 15 is 0 Å². The fraction of sp³-hybridized carbons (Fsp3) is 0.692. The van der Waals surface area contributed by atoms with Crippen LogP contribution in [-0.2, 0) is 14.3 Å². The van der Waals surface area contributed by atoms with E-state index in [1.807, 2.05) is 0 Å². The Bertz CT molecular complexity index is 330. The summed E-state index contributed by atoms with van der Waals surface area (Å²) >= 11 is 0. The van der Waals surface area contributed by atoms with Gasteiger partial charge in [-0.2, -0.15) is 0 Å². The summed E-state index contributed by atoms with van der Waals surface area (Å²) in [5.41, 5.74) is -0.586. The number of aliphatic hydroxyl groups is 1. The van der Waals surface area contributed by atoms with Crippen molar-refractivity contribution in [1.29, 1.82) is 0 Å². The normalized spacial score (nSPS) is 11.9. The molecule has 6 nitrogen and oxygen atoms in total. The van der Waals surface area contributed by atoms with Crippen molar-refractivity contribution >= 4 is 12.1 Å². The molecule has 1 amide bonds. The molecule has 0 heterocycles. The number of esters is 1. The SMILES string of the molecule is COC(=O)/C(=C\CCCCO)NC(=O)OC(C)(C)C. The number of aliphatic hydroxyl groups excluding tert-OH is 1. The molecular weight excluding hydrogens is 250 g/mol. The van der Waals surface area contributed by atoms with Gasteiger partial charge in [-0.25, -0.2) is 9.59 Å². The topological polar surface area (TPSA) is 84.9 Å². The van der Waals surface area contributed by atoms with Crippen LogP contribution >= 0.6 is 0 Å². The average Bonchev–Trinajstić information content (AvgIpc) is 2.29. The summed E-state index contributed by atoms with van der Waals surface area (Å²) in [5, 5.41) is 11.0. The number of alkyl carbamates (subject to hydrolysis) is 1. The van der Waals surface area contributed by atoms with Crippen LogP contribution in [0.1, 0.15) is 40.0 Å². The highest BCUT2D eigenvalue weighted by molar-refractivity contribution is 5.92. The number of carbonyl (C=O) groups excluding carboxylic acids is 2. The number of carbonyl (C=O) groups is 2. The van der Waals surface area contributed by atoms with E-state index in [1.54, 1.807) is 26.8 Å². The molecule has 0 saturated heterocycles. The molecule has 6 heteroatoms. The lowest BCUT2D eigenvalue weighted by Gasteiger charge is -2.20. The summed E-state index contributed by atoms with van der Waals surface area (Å²) in [6.07, 6.45) is 2.77. The minimum Gasteiger partial charge on any atom is -0.464 e. The maximum Gasteiger partial charge on any atom is 0.412 e. The first-order valence-electron chi connectivity index (χ1n) is 6.19. The second-order valence-electron chi connectivity index (χ2n) is 4.96. The van der Waals surface area contributed by atoms with Crippen molar-refractivity contribution in [2.24, 2.45) is 0 Å². The first kappa shape index (κ1) is 17.4. The van der Waals surface area contributed by atoms with Crippen LogP contribution in [0.5, 0.6) is 0 Å². The monoisotopic (exact) mass is 273 g/mol. The fourth-order valence-corrected chi connectivity index (χ4v) is 1.21. The summed E-state index contributed by atoms with van der Waals surface area (Å²) in [6, 6.07) is 0. The van der Waals surface area contributed by atoms with Crippen LogP contribution in [0.25, 0.3) is 0 Å². The Balaban J connectivity index is 4.51. The molecule has 0 aliphatic heterocycles. The van der Waals surface area contributed by atoms with Gasteiger partial charge in [0.1, 0.15) is 11.3 Å². The molecule has 0 aromatic heterocycles. The highest BCUT2D eigenvalue weighted by atomic mass is 16.6. The van der Waals surface area contributed by atoms with Crippen LogP contribution in [0.15, 0.2) is 11.8 Å². The van der Waals surface area contributed by atoms with Crippen LogP contribution < -0.4 is 5.32 Å². The molecule has 0 radical (unpaired) electrons. The molecule has 0 rings (SSSR count). The zero-order valence-electron chi connectivity index (χ0n) is 12.0. The molecule has 0 aliphatic carbocycles. The van der Waals surface area contributed by atoms with Gasteiger partial charge >= 0.3 is 12.1 Å². The van der Waals surface area contributed by atoms with Crippen molar-refractivity contribution in [3.63, 3.8) is 0 Å². The predicted octanol–water partition coefficient (Wildman–Crippen LogP) is 1.73. The highest BCUT2D eigenvalue weighted by Crippen LogP contribution is 2.08. The number of unbranched alkanes of at least 4 members (excludes halogenated alkanes) is 2. The number of hydrogen-bond donors (Lipinski definition) is 2. The number of amides is 1. The van der Waals surface area contributed by atoms with E-state index < -0.39 is 17.7 Å². The molecule has 0 saturated carbocycles. The maximum atomic E-state index is 11.6. The Labute approximate surface area is 113 Å². The Morgan fingerprint density at radius 2 is 1.89 bits per heavy atom. The second kappa shape index (κ2) is 8.53. The number of nitrogens with one attached hydrogen (secondary N) is 1. The van der Waals surface area contributed by atoms with Crippen molar-refractivity contribution in [3.8, 4) is 0 Å². The lowest BCUT2D eigenvalue weighted by molar-refractivity contribution is -0.136. The summed E-state index contributed by atoms with van der Waals surface area (Å²) in [7, 11) is 1.24. The summed E-state index contributed by atoms with van der Waals surface area (Å²) in [5.74, 6) is -0.630. The Kier molecular flexibility index (Phi) is 7.83. The van der Waals surface area contributed by atoms with E-state index in [-0.39, 0.29) is 12.3 Å². The van der Waals surface area contributed by atoms with Gasteiger partial charge < -0.3 is 14.6 Å². The molecule has 0 atom stereocenters. The smallest absolute Gasteiger partial charge is 0.412 e. The molecule has 110 valence electrons. The van der Waals surface area contributed by atoms with Gasteiger partial charge in [0.15, 0.2) is 0 Å². The first-order chi connectivity index (χ1) is 8.80. The van der Waals surface area contributed by atoms with Gasteiger partial charge in [0.25, 0.3) is 0 Å². The lowest BCUT2D eigenvalue weighted by Crippen LogP contribution is -2.34. The third-order valence-corrected chi connectivity index (χ3v) is 2.00. The van der Waals surface area contributed by atoms with Crippen molar-refractivity contribution in [2.75, 3.05) is 13.7 Å². The third kappa shape index (κ3) is 9.07. The van der Waals surface area contributed by atoms with E-state index in [4.69, 9.17) is 9.84 Å². The predicted molar refractivity (Wildman–Crippen MR) is 70.4 cm³/mol. The molecule has 19 heavy (non-hydrogen) atoms. The van der Waals surface area contributed by atoms with Gasteiger partial charge in [-0.1, -0.05) is 6.08 Å². The second-order valence-corrected chi connectivity index (χ2v) is 4.96. The van der Waals surface area contributed by atoms with Crippen LogP contribution in [0, 0.1) is 0 Å². The third-order valence-electron chi connectivity index (χ3n) is 2.00. The zero-order valence-corrected chi connectivity index (χ0v) is 12.0. The van der Waals surface area contributed by atoms with Gasteiger partial charge in [-0.05, 0) is 40.0 Å². The molecule has 0 spiro atoms. The molecule has 0 aromatic rings. The lowest BCUT2D eigenvalue weighted by atomic mass is 10.2. The largest absolute Gasteiger partial charge is 0.464 e. The number of hydrogen-bond acceptors (Lipinski definition) is 5. The average molecular weight is 273 g/mol. The molecule has 2 N–H and O–H groups in total. The molecular formula is C13H23NO5. The zero-order chi connectivity index (χ0) is 14.9. The van der Waals surface area contributed by atoms with E-state index in [2.05, 4.69) is 10.1 Å². The Morgan fingerprint density at radius 1 is 1.26 bits per heavy atom. The van der Waals surface area contributed by atoms with E-state index in [0.717, 1.165) is 0 Å². The summed E-state index contributed by atoms with van der Waals surface area (Å²) in [4.78, 5) is 23.0. The van der Waals surface area contributed by atoms with Crippen LogP contribution in [0.3, 0.4) is 0 Å². The van der Waals surface area contributed by atoms with Gasteiger partial charge in [-0.3, -0.25) is 5.32 Å². The molecule has 0 unspecified atom stereocenters. The van der Waals surface area contributed by atoms with E-state index in [9.17, 15) is 9.59 Å². The fourth-order valence-electron chi connectivity index (χ4n) is 1.21. The summed E-state index contributed by atoms with van der Waals surface area (Å²) in [6.45, 7) is 5.29. The Hall–Kier alpha value is -1.56. The maximum absolute atomic E-state index is 11.6. The Morgan fingerprint density at radius 3 is 2.37 bits per heavy atom. The molecule has 0 aliphatic rings. The quantitative estimate of drug-likeness (QED) is 0.437. The first-order valence-corrected chi connectivity index (χ1v) is 6.19. The van der Waals surface area contributed by atoms with Crippen LogP contribution in [0.2, 0.25) is 0 Å². The van der Waals surface area contributed by atoms with E-state index in [1.165, 1.54) is 7.11 Å².